The van der Waals surface area contributed by atoms with Crippen molar-refractivity contribution in [2.75, 3.05) is 5.75 Å². The number of halogens is 3. The van der Waals surface area contributed by atoms with Crippen LogP contribution in [0.2, 0.25) is 0 Å². The maximum absolute atomic E-state index is 12.6. The molecule has 4 rings (SSSR count). The first-order chi connectivity index (χ1) is 19.6. The molecule has 1 N–H and O–H groups in total. The van der Waals surface area contributed by atoms with Crippen LogP contribution in [0.4, 0.5) is 13.2 Å². The van der Waals surface area contributed by atoms with E-state index < -0.39 is 22.2 Å². The number of imidazole rings is 1. The van der Waals surface area contributed by atoms with Crippen molar-refractivity contribution in [3.8, 4) is 28.4 Å². The minimum absolute atomic E-state index is 0.00841. The van der Waals surface area contributed by atoms with E-state index in [4.69, 9.17) is 9.54 Å². The van der Waals surface area contributed by atoms with Gasteiger partial charge in [0.25, 0.3) is 10.1 Å². The van der Waals surface area contributed by atoms with Crippen LogP contribution >= 0.6 is 0 Å². The molecule has 0 saturated carbocycles. The quantitative estimate of drug-likeness (QED) is 0.151. The number of hydrogen-bond donors (Lipinski definition) is 1. The minimum atomic E-state index is -4.78. The number of ketones is 1. The van der Waals surface area contributed by atoms with Gasteiger partial charge in [0.1, 0.15) is 11.6 Å². The second-order valence-corrected chi connectivity index (χ2v) is 12.6. The molecule has 0 aliphatic heterocycles. The maximum Gasteiger partial charge on any atom is 0.573 e. The van der Waals surface area contributed by atoms with Crippen LogP contribution in [0.1, 0.15) is 55.1 Å². The lowest BCUT2D eigenvalue weighted by molar-refractivity contribution is -0.274. The number of benzene rings is 3. The van der Waals surface area contributed by atoms with Crippen molar-refractivity contribution in [2.45, 2.75) is 51.9 Å². The fraction of sp³-hybridized carbons (Fsp3) is 0.290. The molecule has 11 heteroatoms. The van der Waals surface area contributed by atoms with E-state index in [-0.39, 0.29) is 29.8 Å². The molecule has 0 unspecified atom stereocenters. The van der Waals surface area contributed by atoms with Crippen molar-refractivity contribution in [2.24, 2.45) is 0 Å². The van der Waals surface area contributed by atoms with E-state index >= 15 is 0 Å². The summed E-state index contributed by atoms with van der Waals surface area (Å²) >= 11 is 0. The highest BCUT2D eigenvalue weighted by Gasteiger charge is 2.31. The summed E-state index contributed by atoms with van der Waals surface area (Å²) in [4.78, 5) is 17.3. The summed E-state index contributed by atoms with van der Waals surface area (Å²) in [5, 5.41) is 0. The minimum Gasteiger partial charge on any atom is -0.406 e. The van der Waals surface area contributed by atoms with Gasteiger partial charge in [-0.15, -0.1) is 13.2 Å². The summed E-state index contributed by atoms with van der Waals surface area (Å²) < 4.78 is 74.4. The first kappa shape index (κ1) is 31.0. The van der Waals surface area contributed by atoms with Crippen LogP contribution in [0.15, 0.2) is 79.0 Å². The molecule has 0 aliphatic rings. The Labute approximate surface area is 242 Å². The molecular weight excluding hydrogens is 569 g/mol. The molecule has 0 aliphatic carbocycles. The monoisotopic (exact) mass is 600 g/mol. The van der Waals surface area contributed by atoms with Crippen molar-refractivity contribution in [1.29, 1.82) is 0 Å². The average molecular weight is 601 g/mol. The fourth-order valence-corrected chi connectivity index (χ4v) is 4.91. The van der Waals surface area contributed by atoms with Crippen LogP contribution < -0.4 is 4.74 Å². The van der Waals surface area contributed by atoms with Gasteiger partial charge in [0.05, 0.1) is 11.4 Å². The number of aromatic nitrogens is 2. The molecule has 42 heavy (non-hydrogen) atoms. The van der Waals surface area contributed by atoms with Gasteiger partial charge in [0, 0.05) is 35.9 Å². The average Bonchev–Trinajstić information content (AvgIpc) is 3.31. The van der Waals surface area contributed by atoms with Gasteiger partial charge < -0.3 is 9.30 Å². The van der Waals surface area contributed by atoms with E-state index in [1.165, 1.54) is 24.3 Å². The summed E-state index contributed by atoms with van der Waals surface area (Å²) in [7, 11) is -4.12. The maximum atomic E-state index is 12.6. The number of carbonyl (C=O) groups excluding carboxylic acids is 1. The lowest BCUT2D eigenvalue weighted by Gasteiger charge is -2.19. The lowest BCUT2D eigenvalue weighted by atomic mass is 9.87. The van der Waals surface area contributed by atoms with Gasteiger partial charge in [-0.2, -0.15) is 8.42 Å². The van der Waals surface area contributed by atoms with Crippen molar-refractivity contribution < 1.29 is 35.7 Å². The molecule has 4 aromatic rings. The van der Waals surface area contributed by atoms with Gasteiger partial charge in [-0.05, 0) is 47.2 Å². The Bertz CT molecular complexity index is 1640. The molecule has 7 nitrogen and oxygen atoms in total. The second kappa shape index (κ2) is 12.1. The normalized spacial score (nSPS) is 12.4. The van der Waals surface area contributed by atoms with Crippen LogP contribution in [-0.4, -0.2) is 40.4 Å². The number of rotatable bonds is 10. The Morgan fingerprint density at radius 3 is 2.05 bits per heavy atom. The summed E-state index contributed by atoms with van der Waals surface area (Å²) in [5.74, 6) is -0.368. The van der Waals surface area contributed by atoms with Gasteiger partial charge in [-0.25, -0.2) is 4.98 Å². The zero-order valence-electron chi connectivity index (χ0n) is 23.4. The number of hydrogen-bond acceptors (Lipinski definition) is 5. The molecular formula is C31H31F3N2O5S. The molecule has 222 valence electrons. The number of carbonyl (C=O) groups is 1. The Morgan fingerprint density at radius 1 is 0.905 bits per heavy atom. The van der Waals surface area contributed by atoms with Gasteiger partial charge in [0.15, 0.2) is 5.78 Å². The first-order valence-electron chi connectivity index (χ1n) is 13.2. The molecule has 3 aromatic carbocycles. The zero-order chi connectivity index (χ0) is 30.7. The predicted molar refractivity (Wildman–Crippen MR) is 154 cm³/mol. The molecule has 0 radical (unpaired) electrons. The van der Waals surface area contributed by atoms with E-state index in [1.54, 1.807) is 24.3 Å². The molecule has 0 bridgehead atoms. The molecule has 0 saturated heterocycles. The standard InChI is InChI=1S/C31H31F3N2O5S/c1-30(2,3)25-14-10-24(11-15-25)29-35-27(22-12-16-26(17-13-22)41-31(32,33)34)20-36(29)19-21-6-8-23(9-7-21)28(37)5-4-18-42(38,39)40/h6-17,20H,4-5,18-19H2,1-3H3,(H,38,39,40). The summed E-state index contributed by atoms with van der Waals surface area (Å²) in [6.45, 7) is 6.76. The van der Waals surface area contributed by atoms with Crippen molar-refractivity contribution in [3.05, 3.63) is 95.7 Å². The van der Waals surface area contributed by atoms with Crippen LogP contribution in [0, 0.1) is 0 Å². The van der Waals surface area contributed by atoms with Crippen molar-refractivity contribution in [1.82, 2.24) is 9.55 Å². The fourth-order valence-electron chi connectivity index (χ4n) is 4.40. The van der Waals surface area contributed by atoms with E-state index in [0.717, 1.165) is 16.7 Å². The molecule has 0 fully saturated rings. The van der Waals surface area contributed by atoms with Gasteiger partial charge in [-0.3, -0.25) is 9.35 Å². The Kier molecular flexibility index (Phi) is 8.93. The van der Waals surface area contributed by atoms with Gasteiger partial charge >= 0.3 is 6.36 Å². The second-order valence-electron chi connectivity index (χ2n) is 11.0. The van der Waals surface area contributed by atoms with Crippen LogP contribution in [0.5, 0.6) is 5.75 Å². The number of nitrogens with zero attached hydrogens (tertiary/aromatic N) is 2. The smallest absolute Gasteiger partial charge is 0.406 e. The van der Waals surface area contributed by atoms with E-state index in [0.29, 0.717) is 29.2 Å². The van der Waals surface area contributed by atoms with E-state index in [2.05, 4.69) is 25.5 Å². The number of alkyl halides is 3. The Balaban J connectivity index is 1.61. The number of ether oxygens (including phenoxy) is 1. The van der Waals surface area contributed by atoms with Crippen LogP contribution in [0.3, 0.4) is 0 Å². The first-order valence-corrected chi connectivity index (χ1v) is 14.8. The molecule has 0 spiro atoms. The molecule has 0 atom stereocenters. The third kappa shape index (κ3) is 8.53. The largest absolute Gasteiger partial charge is 0.573 e. The highest BCUT2D eigenvalue weighted by molar-refractivity contribution is 7.85. The third-order valence-electron chi connectivity index (χ3n) is 6.60. The Hall–Kier alpha value is -3.96. The SMILES string of the molecule is CC(C)(C)c1ccc(-c2nc(-c3ccc(OC(F)(F)F)cc3)cn2Cc2ccc(C(=O)CCCS(=O)(=O)O)cc2)cc1. The molecule has 0 amide bonds. The molecule has 1 heterocycles. The summed E-state index contributed by atoms with van der Waals surface area (Å²) in [5.41, 5.74) is 4.45. The van der Waals surface area contributed by atoms with E-state index in [1.807, 2.05) is 35.0 Å². The zero-order valence-corrected chi connectivity index (χ0v) is 24.2. The Morgan fingerprint density at radius 2 is 1.50 bits per heavy atom. The predicted octanol–water partition coefficient (Wildman–Crippen LogP) is 7.31. The van der Waals surface area contributed by atoms with Crippen LogP contribution in [-0.2, 0) is 22.1 Å². The van der Waals surface area contributed by atoms with Crippen molar-refractivity contribution in [3.63, 3.8) is 0 Å². The van der Waals surface area contributed by atoms with Gasteiger partial charge in [-0.1, -0.05) is 69.3 Å². The topological polar surface area (TPSA) is 98.5 Å². The van der Waals surface area contributed by atoms with E-state index in [9.17, 15) is 26.4 Å². The van der Waals surface area contributed by atoms with Gasteiger partial charge in [0.2, 0.25) is 0 Å². The van der Waals surface area contributed by atoms with Crippen LogP contribution in [0.25, 0.3) is 22.6 Å². The third-order valence-corrected chi connectivity index (χ3v) is 7.41. The number of Topliss-reactive ketones (excluding diaryl/α,β-unsaturated/α-hetero) is 1. The lowest BCUT2D eigenvalue weighted by Crippen LogP contribution is -2.16. The van der Waals surface area contributed by atoms with Crippen molar-refractivity contribution >= 4 is 15.9 Å². The summed E-state index contributed by atoms with van der Waals surface area (Å²) in [6.07, 6.45) is -2.94. The molecule has 1 aromatic heterocycles. The highest BCUT2D eigenvalue weighted by Crippen LogP contribution is 2.30. The summed E-state index contributed by atoms with van der Waals surface area (Å²) in [6, 6.07) is 20.5. The highest BCUT2D eigenvalue weighted by atomic mass is 32.2.